The summed E-state index contributed by atoms with van der Waals surface area (Å²) in [6.45, 7) is 2.19. The number of aryl methyl sites for hydroxylation is 1. The number of fused-ring (bicyclic) bond motifs is 1. The van der Waals surface area contributed by atoms with Crippen LogP contribution in [0.25, 0.3) is 0 Å². The third kappa shape index (κ3) is 3.91. The van der Waals surface area contributed by atoms with Crippen LogP contribution in [0.1, 0.15) is 17.5 Å². The first-order valence-electron chi connectivity index (χ1n) is 7.50. The molecule has 0 bridgehead atoms. The largest absolute Gasteiger partial charge is 0.461 e. The van der Waals surface area contributed by atoms with Crippen LogP contribution in [-0.2, 0) is 20.9 Å². The van der Waals surface area contributed by atoms with E-state index in [1.54, 1.807) is 12.1 Å². The zero-order valence-corrected chi connectivity index (χ0v) is 14.6. The number of esters is 1. The third-order valence-corrected chi connectivity index (χ3v) is 5.27. The molecule has 3 rings (SSSR count). The molecule has 0 aromatic heterocycles. The van der Waals surface area contributed by atoms with Crippen molar-refractivity contribution in [3.8, 4) is 0 Å². The van der Waals surface area contributed by atoms with Gasteiger partial charge in [0.15, 0.2) is 0 Å². The number of rotatable bonds is 4. The lowest BCUT2D eigenvalue weighted by atomic mass is 10.1. The van der Waals surface area contributed by atoms with Gasteiger partial charge in [0.05, 0.1) is 17.4 Å². The van der Waals surface area contributed by atoms with Crippen molar-refractivity contribution in [3.63, 3.8) is 0 Å². The number of halogens is 1. The van der Waals surface area contributed by atoms with E-state index in [1.807, 2.05) is 37.3 Å². The number of nitrogens with one attached hydrogen (secondary N) is 1. The van der Waals surface area contributed by atoms with Crippen LogP contribution >= 0.6 is 23.4 Å². The molecule has 1 atom stereocenters. The summed E-state index contributed by atoms with van der Waals surface area (Å²) in [4.78, 5) is 25.1. The zero-order valence-electron chi connectivity index (χ0n) is 13.0. The number of hydrogen-bond acceptors (Lipinski definition) is 4. The van der Waals surface area contributed by atoms with Crippen LogP contribution in [0.5, 0.6) is 0 Å². The Bertz CT molecular complexity index is 794. The quantitative estimate of drug-likeness (QED) is 0.829. The summed E-state index contributed by atoms with van der Waals surface area (Å²) in [6.07, 6.45) is 0.0322. The molecule has 4 nitrogen and oxygen atoms in total. The van der Waals surface area contributed by atoms with Crippen molar-refractivity contribution in [1.29, 1.82) is 0 Å². The van der Waals surface area contributed by atoms with E-state index in [0.717, 1.165) is 16.0 Å². The van der Waals surface area contributed by atoms with Gasteiger partial charge in [-0.05, 0) is 36.2 Å². The molecule has 2 aromatic carbocycles. The maximum Gasteiger partial charge on any atom is 0.307 e. The average Bonchev–Trinajstić information content (AvgIpc) is 2.55. The van der Waals surface area contributed by atoms with Crippen molar-refractivity contribution in [3.05, 3.63) is 58.6 Å². The van der Waals surface area contributed by atoms with E-state index in [0.29, 0.717) is 10.7 Å². The zero-order chi connectivity index (χ0) is 17.1. The summed E-state index contributed by atoms with van der Waals surface area (Å²) < 4.78 is 5.31. The molecule has 0 spiro atoms. The molecule has 1 unspecified atom stereocenters. The molecule has 0 saturated heterocycles. The predicted molar refractivity (Wildman–Crippen MR) is 95.3 cm³/mol. The van der Waals surface area contributed by atoms with E-state index < -0.39 is 5.25 Å². The molecule has 6 heteroatoms. The van der Waals surface area contributed by atoms with Gasteiger partial charge in [-0.25, -0.2) is 0 Å². The molecule has 124 valence electrons. The predicted octanol–water partition coefficient (Wildman–Crippen LogP) is 4.19. The summed E-state index contributed by atoms with van der Waals surface area (Å²) in [5.41, 5.74) is 2.72. The molecule has 0 radical (unpaired) electrons. The molecule has 1 amide bonds. The smallest absolute Gasteiger partial charge is 0.307 e. The van der Waals surface area contributed by atoms with E-state index in [4.69, 9.17) is 16.3 Å². The maximum atomic E-state index is 12.1. The van der Waals surface area contributed by atoms with Crippen LogP contribution in [-0.4, -0.2) is 17.1 Å². The molecular formula is C18H16ClNO3S. The van der Waals surface area contributed by atoms with Gasteiger partial charge in [0, 0.05) is 9.92 Å². The standard InChI is InChI=1S/C18H16ClNO3S/c1-11-4-2-3-5-12(11)10-23-17(21)9-16-18(22)20-14-8-13(19)6-7-15(14)24-16/h2-8,16H,9-10H2,1H3,(H,20,22). The number of anilines is 1. The van der Waals surface area contributed by atoms with Crippen molar-refractivity contribution in [2.45, 2.75) is 30.1 Å². The number of carbonyl (C=O) groups excluding carboxylic acids is 2. The lowest BCUT2D eigenvalue weighted by molar-refractivity contribution is -0.145. The van der Waals surface area contributed by atoms with E-state index >= 15 is 0 Å². The first-order valence-corrected chi connectivity index (χ1v) is 8.76. The van der Waals surface area contributed by atoms with Crippen LogP contribution in [0, 0.1) is 6.92 Å². The molecule has 0 aliphatic carbocycles. The molecule has 24 heavy (non-hydrogen) atoms. The number of ether oxygens (including phenoxy) is 1. The first-order chi connectivity index (χ1) is 11.5. The van der Waals surface area contributed by atoms with Crippen molar-refractivity contribution in [1.82, 2.24) is 0 Å². The van der Waals surface area contributed by atoms with Crippen molar-refractivity contribution in [2.24, 2.45) is 0 Å². The van der Waals surface area contributed by atoms with Crippen LogP contribution in [0.2, 0.25) is 5.02 Å². The van der Waals surface area contributed by atoms with E-state index in [1.165, 1.54) is 11.8 Å². The highest BCUT2D eigenvalue weighted by Gasteiger charge is 2.29. The van der Waals surface area contributed by atoms with Crippen LogP contribution in [0.3, 0.4) is 0 Å². The third-order valence-electron chi connectivity index (χ3n) is 3.76. The molecule has 1 aliphatic rings. The molecule has 0 fully saturated rings. The fraction of sp³-hybridized carbons (Fsp3) is 0.222. The first kappa shape index (κ1) is 16.9. The van der Waals surface area contributed by atoms with Gasteiger partial charge in [0.25, 0.3) is 0 Å². The Kier molecular flexibility index (Phi) is 5.11. The molecule has 1 heterocycles. The van der Waals surface area contributed by atoms with E-state index in [9.17, 15) is 9.59 Å². The summed E-state index contributed by atoms with van der Waals surface area (Å²) in [7, 11) is 0. The monoisotopic (exact) mass is 361 g/mol. The number of carbonyl (C=O) groups is 2. The highest BCUT2D eigenvalue weighted by atomic mass is 35.5. The summed E-state index contributed by atoms with van der Waals surface area (Å²) in [5.74, 6) is -0.592. The van der Waals surface area contributed by atoms with Gasteiger partial charge in [0.2, 0.25) is 5.91 Å². The minimum atomic E-state index is -0.497. The normalized spacial score (nSPS) is 16.2. The number of hydrogen-bond donors (Lipinski definition) is 1. The maximum absolute atomic E-state index is 12.1. The second kappa shape index (κ2) is 7.28. The minimum Gasteiger partial charge on any atom is -0.461 e. The number of benzene rings is 2. The van der Waals surface area contributed by atoms with Gasteiger partial charge >= 0.3 is 5.97 Å². The van der Waals surface area contributed by atoms with Crippen LogP contribution in [0.4, 0.5) is 5.69 Å². The fourth-order valence-electron chi connectivity index (χ4n) is 2.40. The summed E-state index contributed by atoms with van der Waals surface area (Å²) >= 11 is 7.28. The summed E-state index contributed by atoms with van der Waals surface area (Å²) in [5, 5.41) is 2.85. The molecule has 2 aromatic rings. The number of amides is 1. The van der Waals surface area contributed by atoms with E-state index in [2.05, 4.69) is 5.32 Å². The molecule has 1 N–H and O–H groups in total. The van der Waals surface area contributed by atoms with Gasteiger partial charge in [-0.1, -0.05) is 35.9 Å². The van der Waals surface area contributed by atoms with E-state index in [-0.39, 0.29) is 24.9 Å². The second-order valence-corrected chi connectivity index (χ2v) is 7.21. The Hall–Kier alpha value is -1.98. The highest BCUT2D eigenvalue weighted by molar-refractivity contribution is 8.01. The Morgan fingerprint density at radius 2 is 2.08 bits per heavy atom. The Labute approximate surface area is 149 Å². The Balaban J connectivity index is 1.59. The van der Waals surface area contributed by atoms with Gasteiger partial charge in [0.1, 0.15) is 6.61 Å². The Morgan fingerprint density at radius 3 is 2.88 bits per heavy atom. The lowest BCUT2D eigenvalue weighted by Gasteiger charge is -2.23. The Morgan fingerprint density at radius 1 is 1.29 bits per heavy atom. The average molecular weight is 362 g/mol. The van der Waals surface area contributed by atoms with Gasteiger partial charge < -0.3 is 10.1 Å². The lowest BCUT2D eigenvalue weighted by Crippen LogP contribution is -2.31. The van der Waals surface area contributed by atoms with Gasteiger partial charge in [-0.15, -0.1) is 11.8 Å². The van der Waals surface area contributed by atoms with Gasteiger partial charge in [-0.2, -0.15) is 0 Å². The minimum absolute atomic E-state index is 0.0322. The summed E-state index contributed by atoms with van der Waals surface area (Å²) in [6, 6.07) is 13.0. The topological polar surface area (TPSA) is 55.4 Å². The molecule has 0 saturated carbocycles. The molecular weight excluding hydrogens is 346 g/mol. The highest BCUT2D eigenvalue weighted by Crippen LogP contribution is 2.38. The fourth-order valence-corrected chi connectivity index (χ4v) is 3.65. The van der Waals surface area contributed by atoms with Crippen LogP contribution in [0.15, 0.2) is 47.4 Å². The van der Waals surface area contributed by atoms with Crippen molar-refractivity contribution >= 4 is 40.9 Å². The van der Waals surface area contributed by atoms with Gasteiger partial charge in [-0.3, -0.25) is 9.59 Å². The molecule has 1 aliphatic heterocycles. The van der Waals surface area contributed by atoms with Crippen molar-refractivity contribution < 1.29 is 14.3 Å². The SMILES string of the molecule is Cc1ccccc1COC(=O)CC1Sc2ccc(Cl)cc2NC1=O. The van der Waals surface area contributed by atoms with Crippen LogP contribution < -0.4 is 5.32 Å². The number of thioether (sulfide) groups is 1. The van der Waals surface area contributed by atoms with Crippen molar-refractivity contribution in [2.75, 3.05) is 5.32 Å². The second-order valence-electron chi connectivity index (χ2n) is 5.53.